The van der Waals surface area contributed by atoms with Crippen LogP contribution in [0.3, 0.4) is 0 Å². The van der Waals surface area contributed by atoms with Crippen LogP contribution < -0.4 is 10.5 Å². The summed E-state index contributed by atoms with van der Waals surface area (Å²) in [4.78, 5) is 17.1. The van der Waals surface area contributed by atoms with E-state index in [1.54, 1.807) is 19.1 Å². The Hall–Kier alpha value is -1.77. The summed E-state index contributed by atoms with van der Waals surface area (Å²) >= 11 is 1.35. The van der Waals surface area contributed by atoms with Gasteiger partial charge in [0, 0.05) is 0 Å². The highest BCUT2D eigenvalue weighted by Crippen LogP contribution is 2.20. The number of primary sulfonamides is 1. The summed E-state index contributed by atoms with van der Waals surface area (Å²) in [5.74, 6) is -0.189. The lowest BCUT2D eigenvalue weighted by Crippen LogP contribution is -2.26. The summed E-state index contributed by atoms with van der Waals surface area (Å²) < 4.78 is 22.4. The number of thiazole rings is 1. The zero-order valence-corrected chi connectivity index (χ0v) is 14.1. The molecule has 0 saturated heterocycles. The van der Waals surface area contributed by atoms with Gasteiger partial charge in [-0.15, -0.1) is 11.3 Å². The van der Waals surface area contributed by atoms with Crippen LogP contribution in [-0.2, 0) is 10.0 Å². The molecular formula is C14H17N3O3S2. The Morgan fingerprint density at radius 3 is 2.32 bits per heavy atom. The average Bonchev–Trinajstić information content (AvgIpc) is 2.77. The Labute approximate surface area is 133 Å². The third-order valence-corrected chi connectivity index (χ3v) is 5.17. The normalized spacial score (nSPS) is 12.9. The molecule has 1 atom stereocenters. The number of carbonyl (C=O) groups is 1. The van der Waals surface area contributed by atoms with Gasteiger partial charge in [-0.1, -0.05) is 12.1 Å². The molecule has 8 heteroatoms. The van der Waals surface area contributed by atoms with E-state index in [1.807, 2.05) is 13.8 Å². The molecule has 22 heavy (non-hydrogen) atoms. The number of benzene rings is 1. The van der Waals surface area contributed by atoms with Gasteiger partial charge in [0.05, 0.1) is 21.6 Å². The molecule has 1 aromatic carbocycles. The first-order chi connectivity index (χ1) is 10.2. The standard InChI is InChI=1S/C14H17N3O3S2/c1-8(11-4-6-12(7-5-11)22(15,19)20)17-14(18)13-9(2)16-10(3)21-13/h4-8H,1-3H3,(H,17,18)(H2,15,19,20). The molecule has 0 saturated carbocycles. The first kappa shape index (κ1) is 16.6. The molecule has 3 N–H and O–H groups in total. The number of sulfonamides is 1. The Morgan fingerprint density at radius 1 is 1.27 bits per heavy atom. The van der Waals surface area contributed by atoms with E-state index in [2.05, 4.69) is 10.3 Å². The second-order valence-electron chi connectivity index (χ2n) is 4.96. The van der Waals surface area contributed by atoms with E-state index in [0.29, 0.717) is 10.6 Å². The minimum absolute atomic E-state index is 0.0451. The molecule has 0 aliphatic rings. The molecule has 118 valence electrons. The molecule has 1 aromatic heterocycles. The second-order valence-corrected chi connectivity index (χ2v) is 7.72. The minimum Gasteiger partial charge on any atom is -0.345 e. The number of hydrogen-bond donors (Lipinski definition) is 2. The first-order valence-electron chi connectivity index (χ1n) is 6.56. The van der Waals surface area contributed by atoms with Gasteiger partial charge in [0.1, 0.15) is 4.88 Å². The van der Waals surface area contributed by atoms with E-state index in [4.69, 9.17) is 5.14 Å². The maximum Gasteiger partial charge on any atom is 0.263 e. The lowest BCUT2D eigenvalue weighted by molar-refractivity contribution is 0.0943. The number of nitrogens with zero attached hydrogens (tertiary/aromatic N) is 1. The van der Waals surface area contributed by atoms with E-state index in [-0.39, 0.29) is 16.8 Å². The van der Waals surface area contributed by atoms with Crippen molar-refractivity contribution in [1.82, 2.24) is 10.3 Å². The molecule has 0 aliphatic carbocycles. The smallest absolute Gasteiger partial charge is 0.263 e. The van der Waals surface area contributed by atoms with Crippen LogP contribution in [-0.4, -0.2) is 19.3 Å². The molecule has 0 spiro atoms. The van der Waals surface area contributed by atoms with Crippen LogP contribution in [0.1, 0.15) is 38.9 Å². The van der Waals surface area contributed by atoms with E-state index in [9.17, 15) is 13.2 Å². The Balaban J connectivity index is 2.14. The number of hydrogen-bond acceptors (Lipinski definition) is 5. The second kappa shape index (κ2) is 6.15. The van der Waals surface area contributed by atoms with Gasteiger partial charge in [0.2, 0.25) is 10.0 Å². The third kappa shape index (κ3) is 3.70. The molecule has 0 bridgehead atoms. The summed E-state index contributed by atoms with van der Waals surface area (Å²) in [6.45, 7) is 5.47. The highest BCUT2D eigenvalue weighted by atomic mass is 32.2. The highest BCUT2D eigenvalue weighted by molar-refractivity contribution is 7.89. The molecular weight excluding hydrogens is 322 g/mol. The molecule has 2 rings (SSSR count). The van der Waals surface area contributed by atoms with Gasteiger partial charge in [-0.05, 0) is 38.5 Å². The van der Waals surface area contributed by atoms with Gasteiger partial charge in [-0.25, -0.2) is 18.5 Å². The molecule has 0 radical (unpaired) electrons. The quantitative estimate of drug-likeness (QED) is 0.888. The fourth-order valence-corrected chi connectivity index (χ4v) is 3.37. The molecule has 6 nitrogen and oxygen atoms in total. The largest absolute Gasteiger partial charge is 0.345 e. The lowest BCUT2D eigenvalue weighted by Gasteiger charge is -2.14. The number of carbonyl (C=O) groups excluding carboxylic acids is 1. The number of rotatable bonds is 4. The summed E-state index contributed by atoms with van der Waals surface area (Å²) in [5, 5.41) is 8.77. The van der Waals surface area contributed by atoms with Crippen molar-refractivity contribution in [2.75, 3.05) is 0 Å². The van der Waals surface area contributed by atoms with Crippen LogP contribution in [0.5, 0.6) is 0 Å². The molecule has 0 fully saturated rings. The van der Waals surface area contributed by atoms with Crippen LogP contribution in [0.4, 0.5) is 0 Å². The predicted molar refractivity (Wildman–Crippen MR) is 85.3 cm³/mol. The van der Waals surface area contributed by atoms with Gasteiger partial charge in [0.15, 0.2) is 0 Å². The number of amides is 1. The van der Waals surface area contributed by atoms with E-state index in [1.165, 1.54) is 23.5 Å². The van der Waals surface area contributed by atoms with Gasteiger partial charge >= 0.3 is 0 Å². The van der Waals surface area contributed by atoms with E-state index >= 15 is 0 Å². The van der Waals surface area contributed by atoms with E-state index in [0.717, 1.165) is 10.6 Å². The van der Waals surface area contributed by atoms with Gasteiger partial charge < -0.3 is 5.32 Å². The Bertz CT molecular complexity index is 795. The Kier molecular flexibility index (Phi) is 4.64. The van der Waals surface area contributed by atoms with Crippen molar-refractivity contribution in [2.24, 2.45) is 5.14 Å². The maximum absolute atomic E-state index is 12.2. The van der Waals surface area contributed by atoms with Crippen LogP contribution in [0.25, 0.3) is 0 Å². The van der Waals surface area contributed by atoms with Crippen molar-refractivity contribution in [3.05, 3.63) is 45.4 Å². The summed E-state index contributed by atoms with van der Waals surface area (Å²) in [7, 11) is -3.71. The predicted octanol–water partition coefficient (Wildman–Crippen LogP) is 1.90. The number of aryl methyl sites for hydroxylation is 2. The fraction of sp³-hybridized carbons (Fsp3) is 0.286. The van der Waals surface area contributed by atoms with Crippen molar-refractivity contribution in [3.63, 3.8) is 0 Å². The van der Waals surface area contributed by atoms with Crippen molar-refractivity contribution >= 4 is 27.3 Å². The van der Waals surface area contributed by atoms with Crippen molar-refractivity contribution < 1.29 is 13.2 Å². The summed E-state index contributed by atoms with van der Waals surface area (Å²) in [6, 6.07) is 5.86. The molecule has 1 heterocycles. The zero-order valence-electron chi connectivity index (χ0n) is 12.5. The minimum atomic E-state index is -3.71. The first-order valence-corrected chi connectivity index (χ1v) is 8.92. The van der Waals surface area contributed by atoms with Crippen LogP contribution in [0, 0.1) is 13.8 Å². The zero-order chi connectivity index (χ0) is 16.5. The van der Waals surface area contributed by atoms with Crippen molar-refractivity contribution in [1.29, 1.82) is 0 Å². The summed E-state index contributed by atoms with van der Waals surface area (Å²) in [5.41, 5.74) is 1.50. The van der Waals surface area contributed by atoms with Crippen LogP contribution in [0.15, 0.2) is 29.2 Å². The number of aromatic nitrogens is 1. The molecule has 1 amide bonds. The molecule has 0 aliphatic heterocycles. The van der Waals surface area contributed by atoms with Gasteiger partial charge in [-0.2, -0.15) is 0 Å². The Morgan fingerprint density at radius 2 is 1.86 bits per heavy atom. The number of nitrogens with one attached hydrogen (secondary N) is 1. The van der Waals surface area contributed by atoms with Gasteiger partial charge in [-0.3, -0.25) is 4.79 Å². The lowest BCUT2D eigenvalue weighted by atomic mass is 10.1. The monoisotopic (exact) mass is 339 g/mol. The SMILES string of the molecule is Cc1nc(C)c(C(=O)NC(C)c2ccc(S(N)(=O)=O)cc2)s1. The maximum atomic E-state index is 12.2. The van der Waals surface area contributed by atoms with Crippen LogP contribution >= 0.6 is 11.3 Å². The van der Waals surface area contributed by atoms with Crippen molar-refractivity contribution in [2.45, 2.75) is 31.7 Å². The topological polar surface area (TPSA) is 102 Å². The third-order valence-electron chi connectivity index (χ3n) is 3.17. The van der Waals surface area contributed by atoms with Crippen molar-refractivity contribution in [3.8, 4) is 0 Å². The highest BCUT2D eigenvalue weighted by Gasteiger charge is 2.17. The van der Waals surface area contributed by atoms with Gasteiger partial charge in [0.25, 0.3) is 5.91 Å². The van der Waals surface area contributed by atoms with E-state index < -0.39 is 10.0 Å². The van der Waals surface area contributed by atoms with Crippen LogP contribution in [0.2, 0.25) is 0 Å². The summed E-state index contributed by atoms with van der Waals surface area (Å²) in [6.07, 6.45) is 0. The average molecular weight is 339 g/mol. The molecule has 1 unspecified atom stereocenters. The molecule has 2 aromatic rings. The fourth-order valence-electron chi connectivity index (χ4n) is 2.03. The number of nitrogens with two attached hydrogens (primary N) is 1.